The molecule has 0 saturated carbocycles. The summed E-state index contributed by atoms with van der Waals surface area (Å²) in [6.07, 6.45) is 2.00. The Morgan fingerprint density at radius 3 is 2.49 bits per heavy atom. The number of nitrogens with one attached hydrogen (secondary N) is 1. The lowest BCUT2D eigenvalue weighted by Gasteiger charge is -2.31. The smallest absolute Gasteiger partial charge is 0.339 e. The number of rotatable bonds is 5. The van der Waals surface area contributed by atoms with Crippen molar-refractivity contribution in [3.63, 3.8) is 0 Å². The molecule has 0 fully saturated rings. The normalized spacial score (nSPS) is 14.0. The van der Waals surface area contributed by atoms with Crippen molar-refractivity contribution in [1.82, 2.24) is 19.2 Å². The van der Waals surface area contributed by atoms with Gasteiger partial charge in [0.15, 0.2) is 0 Å². The van der Waals surface area contributed by atoms with Gasteiger partial charge in [0.25, 0.3) is 0 Å². The number of para-hydroxylation sites is 2. The van der Waals surface area contributed by atoms with E-state index >= 15 is 0 Å². The summed E-state index contributed by atoms with van der Waals surface area (Å²) in [5, 5.41) is 7.87. The van der Waals surface area contributed by atoms with Crippen molar-refractivity contribution in [1.29, 1.82) is 0 Å². The van der Waals surface area contributed by atoms with Crippen molar-refractivity contribution in [2.45, 2.75) is 19.5 Å². The monoisotopic (exact) mass is 547 g/mol. The minimum absolute atomic E-state index is 0.268. The highest BCUT2D eigenvalue weighted by molar-refractivity contribution is 6.01. The average molecular weight is 548 g/mol. The standard InChI is InChI=1S/C32H29N5O4/c1-21-26-20-36(32(39)33-27-16-8-7-15-25(27)31(38)41-3)29(22-11-9-14-24(19-22)40-2)28-17-10-18-35(28)30(26)37(34-21)23-12-5-4-6-13-23/h4-19,29H,20H2,1-3H3,(H,33,39)/t29-/m0/s1. The fourth-order valence-corrected chi connectivity index (χ4v) is 5.38. The number of fused-ring (bicyclic) bond motifs is 3. The molecular weight excluding hydrogens is 518 g/mol. The lowest BCUT2D eigenvalue weighted by atomic mass is 10.0. The molecule has 0 radical (unpaired) electrons. The number of hydrogen-bond acceptors (Lipinski definition) is 5. The Morgan fingerprint density at radius 2 is 1.71 bits per heavy atom. The summed E-state index contributed by atoms with van der Waals surface area (Å²) in [6, 6.07) is 27.6. The zero-order valence-electron chi connectivity index (χ0n) is 22.9. The number of aromatic nitrogens is 3. The summed E-state index contributed by atoms with van der Waals surface area (Å²) in [7, 11) is 2.94. The van der Waals surface area contributed by atoms with E-state index < -0.39 is 12.0 Å². The van der Waals surface area contributed by atoms with Gasteiger partial charge in [0.2, 0.25) is 0 Å². The Labute approximate surface area is 237 Å². The lowest BCUT2D eigenvalue weighted by molar-refractivity contribution is 0.0602. The molecule has 1 atom stereocenters. The van der Waals surface area contributed by atoms with Gasteiger partial charge < -0.3 is 24.3 Å². The maximum absolute atomic E-state index is 14.2. The van der Waals surface area contributed by atoms with Crippen LogP contribution in [-0.4, -0.2) is 45.5 Å². The van der Waals surface area contributed by atoms with Gasteiger partial charge in [-0.05, 0) is 61.0 Å². The maximum atomic E-state index is 14.2. The fraction of sp³-hybridized carbons (Fsp3) is 0.156. The minimum Gasteiger partial charge on any atom is -0.497 e. The van der Waals surface area contributed by atoms with Crippen LogP contribution in [0.15, 0.2) is 97.2 Å². The van der Waals surface area contributed by atoms with Crippen LogP contribution in [0.25, 0.3) is 11.5 Å². The molecule has 206 valence electrons. The third-order valence-corrected chi connectivity index (χ3v) is 7.33. The number of carbonyl (C=O) groups is 2. The second-order valence-corrected chi connectivity index (χ2v) is 9.71. The van der Waals surface area contributed by atoms with E-state index in [0.29, 0.717) is 11.4 Å². The molecule has 1 N–H and O–H groups in total. The number of nitrogens with zero attached hydrogens (tertiary/aromatic N) is 4. The van der Waals surface area contributed by atoms with Crippen LogP contribution in [0, 0.1) is 6.92 Å². The number of ether oxygens (including phenoxy) is 2. The summed E-state index contributed by atoms with van der Waals surface area (Å²) in [6.45, 7) is 2.22. The van der Waals surface area contributed by atoms with Gasteiger partial charge in [0.1, 0.15) is 11.6 Å². The molecule has 0 spiro atoms. The predicted octanol–water partition coefficient (Wildman–Crippen LogP) is 5.90. The first-order chi connectivity index (χ1) is 20.0. The number of carbonyl (C=O) groups excluding carboxylic acids is 2. The van der Waals surface area contributed by atoms with Crippen molar-refractivity contribution in [3.05, 3.63) is 125 Å². The quantitative estimate of drug-likeness (QED) is 0.277. The molecule has 6 rings (SSSR count). The summed E-state index contributed by atoms with van der Waals surface area (Å²) < 4.78 is 14.5. The third-order valence-electron chi connectivity index (χ3n) is 7.33. The number of methoxy groups -OCH3 is 2. The van der Waals surface area contributed by atoms with Crippen molar-refractivity contribution in [2.75, 3.05) is 19.5 Å². The summed E-state index contributed by atoms with van der Waals surface area (Å²) in [4.78, 5) is 28.5. The van der Waals surface area contributed by atoms with Crippen LogP contribution in [0.2, 0.25) is 0 Å². The molecule has 0 aliphatic carbocycles. The zero-order valence-corrected chi connectivity index (χ0v) is 22.9. The minimum atomic E-state index is -0.530. The van der Waals surface area contributed by atoms with Crippen LogP contribution in [-0.2, 0) is 11.3 Å². The van der Waals surface area contributed by atoms with Gasteiger partial charge in [-0.25, -0.2) is 14.3 Å². The Kier molecular flexibility index (Phi) is 6.76. The van der Waals surface area contributed by atoms with Crippen LogP contribution in [0.1, 0.15) is 38.9 Å². The molecule has 2 aromatic heterocycles. The second kappa shape index (κ2) is 10.7. The van der Waals surface area contributed by atoms with E-state index in [1.165, 1.54) is 7.11 Å². The Hall–Kier alpha value is -5.31. The molecule has 5 aromatic rings. The molecular formula is C32H29N5O4. The largest absolute Gasteiger partial charge is 0.497 e. The number of benzene rings is 3. The number of aryl methyl sites for hydroxylation is 1. The van der Waals surface area contributed by atoms with Crippen molar-refractivity contribution < 1.29 is 19.1 Å². The highest BCUT2D eigenvalue weighted by atomic mass is 16.5. The second-order valence-electron chi connectivity index (χ2n) is 9.71. The first-order valence-corrected chi connectivity index (χ1v) is 13.2. The molecule has 0 unspecified atom stereocenters. The fourth-order valence-electron chi connectivity index (χ4n) is 5.38. The van der Waals surface area contributed by atoms with E-state index in [0.717, 1.165) is 34.0 Å². The Morgan fingerprint density at radius 1 is 0.927 bits per heavy atom. The molecule has 0 bridgehead atoms. The van der Waals surface area contributed by atoms with Gasteiger partial charge in [0, 0.05) is 11.8 Å². The maximum Gasteiger partial charge on any atom is 0.339 e. The Bertz CT molecular complexity index is 1740. The first-order valence-electron chi connectivity index (χ1n) is 13.2. The van der Waals surface area contributed by atoms with Gasteiger partial charge >= 0.3 is 12.0 Å². The molecule has 3 aromatic carbocycles. The van der Waals surface area contributed by atoms with Crippen LogP contribution in [0.4, 0.5) is 10.5 Å². The summed E-state index contributed by atoms with van der Waals surface area (Å²) in [5.41, 5.74) is 5.03. The van der Waals surface area contributed by atoms with E-state index in [2.05, 4.69) is 9.88 Å². The van der Waals surface area contributed by atoms with Gasteiger partial charge in [-0.1, -0.05) is 42.5 Å². The Balaban J connectivity index is 1.53. The van der Waals surface area contributed by atoms with E-state index in [-0.39, 0.29) is 18.1 Å². The van der Waals surface area contributed by atoms with Crippen LogP contribution >= 0.6 is 0 Å². The lowest BCUT2D eigenvalue weighted by Crippen LogP contribution is -2.38. The SMILES string of the molecule is COC(=O)c1ccccc1NC(=O)N1Cc2c(C)nn(-c3ccccc3)c2-n2cccc2[C@@H]1c1cccc(OC)c1. The molecule has 9 nitrogen and oxygen atoms in total. The molecule has 41 heavy (non-hydrogen) atoms. The van der Waals surface area contributed by atoms with Gasteiger partial charge in [-0.3, -0.25) is 0 Å². The van der Waals surface area contributed by atoms with E-state index in [1.54, 1.807) is 36.3 Å². The summed E-state index contributed by atoms with van der Waals surface area (Å²) in [5.74, 6) is 1.02. The topological polar surface area (TPSA) is 90.6 Å². The first kappa shape index (κ1) is 25.9. The van der Waals surface area contributed by atoms with Crippen LogP contribution in [0.3, 0.4) is 0 Å². The van der Waals surface area contributed by atoms with Crippen LogP contribution < -0.4 is 10.1 Å². The van der Waals surface area contributed by atoms with Crippen molar-refractivity contribution >= 4 is 17.7 Å². The zero-order chi connectivity index (χ0) is 28.5. The molecule has 3 heterocycles. The number of hydrogen-bond donors (Lipinski definition) is 1. The third kappa shape index (κ3) is 4.61. The average Bonchev–Trinajstić information content (AvgIpc) is 3.57. The number of esters is 1. The van der Waals surface area contributed by atoms with Gasteiger partial charge in [-0.2, -0.15) is 5.10 Å². The number of amides is 2. The van der Waals surface area contributed by atoms with E-state index in [4.69, 9.17) is 14.6 Å². The van der Waals surface area contributed by atoms with E-state index in [9.17, 15) is 9.59 Å². The molecule has 0 saturated heterocycles. The molecule has 1 aliphatic rings. The highest BCUT2D eigenvalue weighted by Crippen LogP contribution is 2.39. The van der Waals surface area contributed by atoms with Crippen molar-refractivity contribution in [2.24, 2.45) is 0 Å². The van der Waals surface area contributed by atoms with Gasteiger partial charge in [0.05, 0.1) is 55.1 Å². The molecule has 2 amide bonds. The summed E-state index contributed by atoms with van der Waals surface area (Å²) >= 11 is 0. The number of anilines is 1. The van der Waals surface area contributed by atoms with E-state index in [1.807, 2.05) is 84.5 Å². The molecule has 9 heteroatoms. The highest BCUT2D eigenvalue weighted by Gasteiger charge is 2.36. The van der Waals surface area contributed by atoms with Gasteiger partial charge in [-0.15, -0.1) is 0 Å². The molecule has 1 aliphatic heterocycles. The van der Waals surface area contributed by atoms with Crippen LogP contribution in [0.5, 0.6) is 5.75 Å². The number of urea groups is 1. The predicted molar refractivity (Wildman–Crippen MR) is 155 cm³/mol. The van der Waals surface area contributed by atoms with Crippen molar-refractivity contribution in [3.8, 4) is 17.3 Å².